The molecule has 136 valence electrons. The molecule has 2 heterocycles. The first-order valence-electron chi connectivity index (χ1n) is 7.96. The number of rotatable bonds is 6. The van der Waals surface area contributed by atoms with Gasteiger partial charge in [0, 0.05) is 19.8 Å². The van der Waals surface area contributed by atoms with E-state index >= 15 is 0 Å². The van der Waals surface area contributed by atoms with Gasteiger partial charge in [0.25, 0.3) is 0 Å². The van der Waals surface area contributed by atoms with E-state index < -0.39 is 17.4 Å². The molecule has 0 saturated carbocycles. The van der Waals surface area contributed by atoms with Crippen molar-refractivity contribution >= 4 is 0 Å². The molecule has 25 heavy (non-hydrogen) atoms. The van der Waals surface area contributed by atoms with Crippen LogP contribution < -0.4 is 5.69 Å². The second kappa shape index (κ2) is 7.40. The molecule has 1 aromatic carbocycles. The molecule has 9 heteroatoms. The fraction of sp³-hybridized carbons (Fsp3) is 0.500. The Morgan fingerprint density at radius 2 is 2.04 bits per heavy atom. The van der Waals surface area contributed by atoms with Gasteiger partial charge in [-0.05, 0) is 37.1 Å². The average molecular weight is 357 g/mol. The number of hydrogen-bond acceptors (Lipinski definition) is 4. The van der Waals surface area contributed by atoms with Crippen LogP contribution in [0.4, 0.5) is 13.2 Å². The van der Waals surface area contributed by atoms with Crippen molar-refractivity contribution in [2.24, 2.45) is 0 Å². The number of nitrogens with zero attached hydrogens (tertiary/aromatic N) is 3. The predicted molar refractivity (Wildman–Crippen MR) is 82.6 cm³/mol. The van der Waals surface area contributed by atoms with E-state index in [2.05, 4.69) is 4.98 Å². The lowest BCUT2D eigenvalue weighted by molar-refractivity contribution is -0.137. The highest BCUT2D eigenvalue weighted by atomic mass is 19.4. The maximum Gasteiger partial charge on any atom is 0.416 e. The van der Waals surface area contributed by atoms with E-state index in [-0.39, 0.29) is 6.10 Å². The molecule has 1 aliphatic rings. The second-order valence-corrected chi connectivity index (χ2v) is 5.75. The Kier molecular flexibility index (Phi) is 5.24. The van der Waals surface area contributed by atoms with Gasteiger partial charge in [0.05, 0.1) is 24.0 Å². The van der Waals surface area contributed by atoms with Crippen molar-refractivity contribution in [3.63, 3.8) is 0 Å². The predicted octanol–water partition coefficient (Wildman–Crippen LogP) is 2.25. The molecule has 1 aliphatic heterocycles. The summed E-state index contributed by atoms with van der Waals surface area (Å²) >= 11 is 0. The fourth-order valence-corrected chi connectivity index (χ4v) is 2.65. The molecule has 2 aromatic rings. The lowest BCUT2D eigenvalue weighted by atomic mass is 10.2. The second-order valence-electron chi connectivity index (χ2n) is 5.75. The van der Waals surface area contributed by atoms with Crippen LogP contribution in [0.5, 0.6) is 0 Å². The lowest BCUT2D eigenvalue weighted by Gasteiger charge is -2.13. The normalized spacial score (nSPS) is 18.0. The zero-order valence-electron chi connectivity index (χ0n) is 13.4. The van der Waals surface area contributed by atoms with E-state index in [4.69, 9.17) is 9.47 Å². The van der Waals surface area contributed by atoms with E-state index in [1.54, 1.807) is 0 Å². The Morgan fingerprint density at radius 3 is 2.68 bits per heavy atom. The highest BCUT2D eigenvalue weighted by molar-refractivity contribution is 5.34. The Hall–Kier alpha value is -2.13. The van der Waals surface area contributed by atoms with Crippen molar-refractivity contribution in [2.45, 2.75) is 31.7 Å². The standard InChI is InChI=1S/C16H18F3N3O3/c17-16(18,19)12-2-4-13(5-3-12)22-11-20-15(23)21(22)7-1-8-25-14-6-9-24-10-14/h2-5,11,14H,1,6-10H2. The van der Waals surface area contributed by atoms with Gasteiger partial charge in [0.15, 0.2) is 0 Å². The molecule has 0 amide bonds. The molecule has 0 N–H and O–H groups in total. The first kappa shape index (κ1) is 17.7. The van der Waals surface area contributed by atoms with Crippen molar-refractivity contribution in [1.82, 2.24) is 14.3 Å². The SMILES string of the molecule is O=c1ncn(-c2ccc(C(F)(F)F)cc2)n1CCCOC1CCOC1. The van der Waals surface area contributed by atoms with Gasteiger partial charge in [-0.3, -0.25) is 0 Å². The highest BCUT2D eigenvalue weighted by Crippen LogP contribution is 2.29. The van der Waals surface area contributed by atoms with Crippen LogP contribution >= 0.6 is 0 Å². The average Bonchev–Trinajstić information content (AvgIpc) is 3.21. The van der Waals surface area contributed by atoms with Gasteiger partial charge in [0.1, 0.15) is 6.33 Å². The fourth-order valence-electron chi connectivity index (χ4n) is 2.65. The maximum atomic E-state index is 12.6. The molecule has 0 bridgehead atoms. The molecule has 1 unspecified atom stereocenters. The summed E-state index contributed by atoms with van der Waals surface area (Å²) in [4.78, 5) is 15.6. The lowest BCUT2D eigenvalue weighted by Crippen LogP contribution is -2.24. The Morgan fingerprint density at radius 1 is 1.28 bits per heavy atom. The summed E-state index contributed by atoms with van der Waals surface area (Å²) in [7, 11) is 0. The van der Waals surface area contributed by atoms with Crippen LogP contribution in [0.2, 0.25) is 0 Å². The largest absolute Gasteiger partial charge is 0.416 e. The minimum Gasteiger partial charge on any atom is -0.379 e. The summed E-state index contributed by atoms with van der Waals surface area (Å²) in [6.07, 6.45) is -1.55. The van der Waals surface area contributed by atoms with E-state index in [1.807, 2.05) is 0 Å². The quantitative estimate of drug-likeness (QED) is 0.744. The van der Waals surface area contributed by atoms with Gasteiger partial charge in [-0.1, -0.05) is 0 Å². The summed E-state index contributed by atoms with van der Waals surface area (Å²) < 4.78 is 51.6. The number of hydrogen-bond donors (Lipinski definition) is 0. The van der Waals surface area contributed by atoms with Crippen LogP contribution in [0.1, 0.15) is 18.4 Å². The van der Waals surface area contributed by atoms with Crippen LogP contribution in [0, 0.1) is 0 Å². The number of alkyl halides is 3. The van der Waals surface area contributed by atoms with Gasteiger partial charge in [-0.15, -0.1) is 0 Å². The van der Waals surface area contributed by atoms with Crippen LogP contribution in [0.25, 0.3) is 5.69 Å². The molecule has 0 spiro atoms. The third-order valence-electron chi connectivity index (χ3n) is 3.97. The summed E-state index contributed by atoms with van der Waals surface area (Å²) in [5.41, 5.74) is -0.755. The van der Waals surface area contributed by atoms with Crippen molar-refractivity contribution in [1.29, 1.82) is 0 Å². The molecule has 3 rings (SSSR count). The molecule has 6 nitrogen and oxygen atoms in total. The number of benzene rings is 1. The number of halogens is 3. The molecule has 1 saturated heterocycles. The van der Waals surface area contributed by atoms with Crippen molar-refractivity contribution in [3.8, 4) is 5.69 Å². The number of aromatic nitrogens is 3. The molecule has 1 fully saturated rings. The number of ether oxygens (including phenoxy) is 2. The third kappa shape index (κ3) is 4.29. The minimum atomic E-state index is -4.39. The van der Waals surface area contributed by atoms with Crippen LogP contribution in [-0.2, 0) is 22.2 Å². The van der Waals surface area contributed by atoms with Crippen LogP contribution in [-0.4, -0.2) is 40.3 Å². The van der Waals surface area contributed by atoms with E-state index in [9.17, 15) is 18.0 Å². The van der Waals surface area contributed by atoms with E-state index in [0.717, 1.165) is 18.6 Å². The molecule has 0 aliphatic carbocycles. The first-order chi connectivity index (χ1) is 11.9. The smallest absolute Gasteiger partial charge is 0.379 e. The molecular weight excluding hydrogens is 339 g/mol. The van der Waals surface area contributed by atoms with Crippen LogP contribution in [0.15, 0.2) is 35.4 Å². The van der Waals surface area contributed by atoms with Gasteiger partial charge in [-0.2, -0.15) is 18.2 Å². The Labute approximate surface area is 141 Å². The molecule has 0 radical (unpaired) electrons. The van der Waals surface area contributed by atoms with E-state index in [0.29, 0.717) is 38.5 Å². The minimum absolute atomic E-state index is 0.0940. The van der Waals surface area contributed by atoms with E-state index in [1.165, 1.54) is 27.8 Å². The molecule has 1 aromatic heterocycles. The molecular formula is C16H18F3N3O3. The van der Waals surface area contributed by atoms with Crippen molar-refractivity contribution < 1.29 is 22.6 Å². The first-order valence-corrected chi connectivity index (χ1v) is 7.96. The Bertz CT molecular complexity index is 746. The summed E-state index contributed by atoms with van der Waals surface area (Å²) in [6.45, 7) is 2.11. The summed E-state index contributed by atoms with van der Waals surface area (Å²) in [6, 6.07) is 4.58. The zero-order valence-corrected chi connectivity index (χ0v) is 13.4. The van der Waals surface area contributed by atoms with Crippen molar-refractivity contribution in [2.75, 3.05) is 19.8 Å². The zero-order chi connectivity index (χ0) is 17.9. The monoisotopic (exact) mass is 357 g/mol. The third-order valence-corrected chi connectivity index (χ3v) is 3.97. The van der Waals surface area contributed by atoms with Gasteiger partial charge in [0.2, 0.25) is 0 Å². The Balaban J connectivity index is 1.65. The van der Waals surface area contributed by atoms with Crippen molar-refractivity contribution in [3.05, 3.63) is 46.6 Å². The summed E-state index contributed by atoms with van der Waals surface area (Å²) in [5, 5.41) is 0. The van der Waals surface area contributed by atoms with Gasteiger partial charge >= 0.3 is 11.9 Å². The topological polar surface area (TPSA) is 58.3 Å². The summed E-state index contributed by atoms with van der Waals surface area (Å²) in [5.74, 6) is 0. The van der Waals surface area contributed by atoms with Gasteiger partial charge in [-0.25, -0.2) is 14.2 Å². The maximum absolute atomic E-state index is 12.6. The van der Waals surface area contributed by atoms with Gasteiger partial charge < -0.3 is 9.47 Å². The highest BCUT2D eigenvalue weighted by Gasteiger charge is 2.30. The van der Waals surface area contributed by atoms with Crippen LogP contribution in [0.3, 0.4) is 0 Å². The molecule has 1 atom stereocenters.